The van der Waals surface area contributed by atoms with Crippen molar-refractivity contribution < 1.29 is 23.9 Å². The molecule has 8 heteroatoms. The van der Waals surface area contributed by atoms with Crippen LogP contribution in [0.5, 0.6) is 5.75 Å². The van der Waals surface area contributed by atoms with Gasteiger partial charge in [0.15, 0.2) is 12.4 Å². The molecule has 1 aromatic heterocycles. The average molecular weight is 442 g/mol. The summed E-state index contributed by atoms with van der Waals surface area (Å²) in [4.78, 5) is 41.8. The summed E-state index contributed by atoms with van der Waals surface area (Å²) in [6, 6.07) is 10.4. The maximum Gasteiger partial charge on any atom is 0.410 e. The van der Waals surface area contributed by atoms with Gasteiger partial charge in [-0.1, -0.05) is 18.2 Å². The van der Waals surface area contributed by atoms with E-state index < -0.39 is 11.7 Å². The zero-order chi connectivity index (χ0) is 23.6. The molecule has 1 heterocycles. The molecule has 1 aromatic carbocycles. The Morgan fingerprint density at radius 3 is 2.56 bits per heavy atom. The number of hydrogen-bond acceptors (Lipinski definition) is 6. The molecule has 0 bridgehead atoms. The SMILES string of the molecule is CC(=O)c1cccc(OCC(=O)NCCCN(Cc2cccnc2)C(=O)OC(C)(C)C)c1. The minimum Gasteiger partial charge on any atom is -0.484 e. The van der Waals surface area contributed by atoms with Crippen molar-refractivity contribution in [2.24, 2.45) is 0 Å². The first kappa shape index (κ1) is 24.8. The summed E-state index contributed by atoms with van der Waals surface area (Å²) in [5.41, 5.74) is 0.817. The number of Topliss-reactive ketones (excluding diaryl/α,β-unsaturated/α-hetero) is 1. The van der Waals surface area contributed by atoms with E-state index in [-0.39, 0.29) is 18.3 Å². The van der Waals surface area contributed by atoms with E-state index in [1.807, 2.05) is 32.9 Å². The van der Waals surface area contributed by atoms with Crippen LogP contribution in [0.4, 0.5) is 4.79 Å². The Bertz CT molecular complexity index is 909. The molecule has 2 amide bonds. The molecule has 32 heavy (non-hydrogen) atoms. The molecule has 0 spiro atoms. The van der Waals surface area contributed by atoms with E-state index in [1.165, 1.54) is 6.92 Å². The van der Waals surface area contributed by atoms with Crippen LogP contribution >= 0.6 is 0 Å². The fourth-order valence-corrected chi connectivity index (χ4v) is 2.78. The van der Waals surface area contributed by atoms with E-state index in [1.54, 1.807) is 41.6 Å². The predicted molar refractivity (Wildman–Crippen MR) is 120 cm³/mol. The number of aromatic nitrogens is 1. The van der Waals surface area contributed by atoms with Gasteiger partial charge < -0.3 is 19.7 Å². The highest BCUT2D eigenvalue weighted by Crippen LogP contribution is 2.14. The third-order valence-electron chi connectivity index (χ3n) is 4.29. The number of hydrogen-bond donors (Lipinski definition) is 1. The molecule has 0 aliphatic rings. The number of carbonyl (C=O) groups is 3. The van der Waals surface area contributed by atoms with Gasteiger partial charge in [-0.15, -0.1) is 0 Å². The van der Waals surface area contributed by atoms with Crippen molar-refractivity contribution in [2.75, 3.05) is 19.7 Å². The van der Waals surface area contributed by atoms with Gasteiger partial charge in [0, 0.05) is 31.0 Å². The van der Waals surface area contributed by atoms with Crippen molar-refractivity contribution in [3.63, 3.8) is 0 Å². The second-order valence-electron chi connectivity index (χ2n) is 8.34. The number of benzene rings is 1. The molecule has 2 rings (SSSR count). The topological polar surface area (TPSA) is 97.8 Å². The van der Waals surface area contributed by atoms with Crippen molar-refractivity contribution in [3.8, 4) is 5.75 Å². The van der Waals surface area contributed by atoms with Crippen LogP contribution in [0.25, 0.3) is 0 Å². The fourth-order valence-electron chi connectivity index (χ4n) is 2.78. The molecule has 8 nitrogen and oxygen atoms in total. The zero-order valence-electron chi connectivity index (χ0n) is 19.1. The Labute approximate surface area is 188 Å². The molecule has 0 radical (unpaired) electrons. The summed E-state index contributed by atoms with van der Waals surface area (Å²) in [7, 11) is 0. The van der Waals surface area contributed by atoms with Gasteiger partial charge in [0.2, 0.25) is 0 Å². The van der Waals surface area contributed by atoms with Crippen LogP contribution in [0.15, 0.2) is 48.8 Å². The normalized spacial score (nSPS) is 10.9. The van der Waals surface area contributed by atoms with E-state index in [2.05, 4.69) is 10.3 Å². The molecule has 0 saturated carbocycles. The third kappa shape index (κ3) is 9.16. The van der Waals surface area contributed by atoms with Gasteiger partial charge in [0.25, 0.3) is 5.91 Å². The highest BCUT2D eigenvalue weighted by atomic mass is 16.6. The number of nitrogens with zero attached hydrogens (tertiary/aromatic N) is 2. The van der Waals surface area contributed by atoms with Crippen LogP contribution in [0.1, 0.15) is 50.0 Å². The monoisotopic (exact) mass is 441 g/mol. The molecule has 0 saturated heterocycles. The molecule has 2 aromatic rings. The van der Waals surface area contributed by atoms with Crippen LogP contribution in [0.3, 0.4) is 0 Å². The molecule has 0 aliphatic carbocycles. The second-order valence-corrected chi connectivity index (χ2v) is 8.34. The highest BCUT2D eigenvalue weighted by Gasteiger charge is 2.22. The fraction of sp³-hybridized carbons (Fsp3) is 0.417. The van der Waals surface area contributed by atoms with Crippen LogP contribution in [0.2, 0.25) is 0 Å². The Morgan fingerprint density at radius 2 is 1.91 bits per heavy atom. The van der Waals surface area contributed by atoms with Gasteiger partial charge in [0.05, 0.1) is 6.54 Å². The van der Waals surface area contributed by atoms with Crippen molar-refractivity contribution >= 4 is 17.8 Å². The maximum atomic E-state index is 12.6. The number of pyridine rings is 1. The molecule has 0 fully saturated rings. The number of amides is 2. The van der Waals surface area contributed by atoms with Gasteiger partial charge in [0.1, 0.15) is 11.4 Å². The number of ketones is 1. The Hall–Kier alpha value is -3.42. The first-order chi connectivity index (χ1) is 15.1. The number of nitrogens with one attached hydrogen (secondary N) is 1. The summed E-state index contributed by atoms with van der Waals surface area (Å²) < 4.78 is 11.0. The number of carbonyl (C=O) groups excluding carboxylic acids is 3. The van der Waals surface area contributed by atoms with Gasteiger partial charge in [-0.2, -0.15) is 0 Å². The van der Waals surface area contributed by atoms with Crippen molar-refractivity contribution in [1.29, 1.82) is 0 Å². The highest BCUT2D eigenvalue weighted by molar-refractivity contribution is 5.94. The summed E-state index contributed by atoms with van der Waals surface area (Å²) in [5, 5.41) is 2.77. The summed E-state index contributed by atoms with van der Waals surface area (Å²) in [5.74, 6) is 0.107. The standard InChI is InChI=1S/C24H31N3O5/c1-18(28)20-9-5-10-21(14-20)31-17-22(29)26-12-7-13-27(23(30)32-24(2,3)4)16-19-8-6-11-25-15-19/h5-6,8-11,14-15H,7,12-13,16-17H2,1-4H3,(H,26,29). The van der Waals surface area contributed by atoms with E-state index in [4.69, 9.17) is 9.47 Å². The molecule has 0 unspecified atom stereocenters. The molecular formula is C24H31N3O5. The minimum atomic E-state index is -0.602. The largest absolute Gasteiger partial charge is 0.484 e. The second kappa shape index (κ2) is 11.8. The summed E-state index contributed by atoms with van der Waals surface area (Å²) in [6.45, 7) is 7.92. The first-order valence-electron chi connectivity index (χ1n) is 10.5. The molecular weight excluding hydrogens is 410 g/mol. The van der Waals surface area contributed by atoms with E-state index in [9.17, 15) is 14.4 Å². The lowest BCUT2D eigenvalue weighted by atomic mass is 10.1. The van der Waals surface area contributed by atoms with Crippen LogP contribution in [0, 0.1) is 0 Å². The van der Waals surface area contributed by atoms with Gasteiger partial charge in [-0.05, 0) is 57.9 Å². The van der Waals surface area contributed by atoms with Crippen LogP contribution < -0.4 is 10.1 Å². The van der Waals surface area contributed by atoms with Crippen LogP contribution in [-0.2, 0) is 16.1 Å². The minimum absolute atomic E-state index is 0.0688. The van der Waals surface area contributed by atoms with Crippen molar-refractivity contribution in [2.45, 2.75) is 46.3 Å². The predicted octanol–water partition coefficient (Wildman–Crippen LogP) is 3.61. The molecule has 0 atom stereocenters. The summed E-state index contributed by atoms with van der Waals surface area (Å²) in [6.07, 6.45) is 3.51. The quantitative estimate of drug-likeness (QED) is 0.447. The van der Waals surface area contributed by atoms with Crippen LogP contribution in [-0.4, -0.2) is 53.0 Å². The van der Waals surface area contributed by atoms with Gasteiger partial charge in [-0.25, -0.2) is 4.79 Å². The molecule has 1 N–H and O–H groups in total. The van der Waals surface area contributed by atoms with Crippen molar-refractivity contribution in [1.82, 2.24) is 15.2 Å². The third-order valence-corrected chi connectivity index (χ3v) is 4.29. The lowest BCUT2D eigenvalue weighted by molar-refractivity contribution is -0.123. The Morgan fingerprint density at radius 1 is 1.12 bits per heavy atom. The number of ether oxygens (including phenoxy) is 2. The van der Waals surface area contributed by atoms with Gasteiger partial charge >= 0.3 is 6.09 Å². The lowest BCUT2D eigenvalue weighted by Gasteiger charge is -2.27. The Balaban J connectivity index is 1.80. The Kier molecular flexibility index (Phi) is 9.19. The first-order valence-corrected chi connectivity index (χ1v) is 10.5. The van der Waals surface area contributed by atoms with Gasteiger partial charge in [-0.3, -0.25) is 14.6 Å². The van der Waals surface area contributed by atoms with E-state index >= 15 is 0 Å². The van der Waals surface area contributed by atoms with Crippen molar-refractivity contribution in [3.05, 3.63) is 59.9 Å². The zero-order valence-corrected chi connectivity index (χ0v) is 19.1. The summed E-state index contributed by atoms with van der Waals surface area (Å²) >= 11 is 0. The maximum absolute atomic E-state index is 12.6. The lowest BCUT2D eigenvalue weighted by Crippen LogP contribution is -2.38. The molecule has 0 aliphatic heterocycles. The number of rotatable bonds is 10. The van der Waals surface area contributed by atoms with E-state index in [0.717, 1.165) is 5.56 Å². The average Bonchev–Trinajstić information content (AvgIpc) is 2.74. The van der Waals surface area contributed by atoms with E-state index in [0.29, 0.717) is 37.4 Å². The molecule has 172 valence electrons. The smallest absolute Gasteiger partial charge is 0.410 e.